The first-order valence-corrected chi connectivity index (χ1v) is 11.6. The molecule has 1 aromatic carbocycles. The molecule has 4 heterocycles. The Balaban J connectivity index is 1.76. The minimum absolute atomic E-state index is 0.0415. The van der Waals surface area contributed by atoms with Gasteiger partial charge < -0.3 is 29.8 Å². The number of methoxy groups -OCH3 is 2. The third-order valence-corrected chi connectivity index (χ3v) is 6.16. The van der Waals surface area contributed by atoms with Crippen LogP contribution in [0.4, 0.5) is 15.8 Å². The molecule has 0 unspecified atom stereocenters. The number of carbonyl (C=O) groups excluding carboxylic acids is 1. The van der Waals surface area contributed by atoms with Crippen molar-refractivity contribution < 1.29 is 23.4 Å². The smallest absolute Gasteiger partial charge is 0.255 e. The summed E-state index contributed by atoms with van der Waals surface area (Å²) in [5.41, 5.74) is 4.58. The molecule has 1 amide bonds. The van der Waals surface area contributed by atoms with Gasteiger partial charge in [0.2, 0.25) is 5.88 Å². The Morgan fingerprint density at radius 1 is 1.17 bits per heavy atom. The second kappa shape index (κ2) is 9.82. The van der Waals surface area contributed by atoms with Crippen molar-refractivity contribution in [1.29, 1.82) is 0 Å². The Hall–Kier alpha value is -4.18. The molecule has 1 aliphatic rings. The first-order valence-electron chi connectivity index (χ1n) is 11.6. The van der Waals surface area contributed by atoms with Crippen LogP contribution in [0.2, 0.25) is 0 Å². The molecule has 0 saturated carbocycles. The lowest BCUT2D eigenvalue weighted by molar-refractivity contribution is 0.0908. The zero-order valence-corrected chi connectivity index (χ0v) is 20.1. The molecule has 5 rings (SSSR count). The van der Waals surface area contributed by atoms with Crippen molar-refractivity contribution in [3.63, 3.8) is 0 Å². The molecule has 0 fully saturated rings. The van der Waals surface area contributed by atoms with E-state index in [9.17, 15) is 9.18 Å². The normalized spacial score (nSPS) is 14.9. The van der Waals surface area contributed by atoms with Crippen molar-refractivity contribution in [1.82, 2.24) is 20.3 Å². The Morgan fingerprint density at radius 2 is 2.03 bits per heavy atom. The molecule has 0 bridgehead atoms. The number of pyridine rings is 2. The van der Waals surface area contributed by atoms with E-state index in [1.807, 2.05) is 19.1 Å². The van der Waals surface area contributed by atoms with Crippen LogP contribution in [0.15, 0.2) is 42.6 Å². The highest BCUT2D eigenvalue weighted by Crippen LogP contribution is 2.43. The molecule has 10 heteroatoms. The van der Waals surface area contributed by atoms with Crippen molar-refractivity contribution >= 4 is 28.3 Å². The standard InChI is InChI=1S/C26H26FN5O4/c1-4-36-13-14-12-29-26(33)20-21(14)32-23(24(20)30-18-7-5-6-16(27)25(18)35-3)15-10-11-28-17-8-9-19(34-2)31-22(15)17/h5-11,14,30,32H,4,12-13H2,1-3H3,(H,29,33)/t14-/m0/s1. The van der Waals surface area contributed by atoms with E-state index >= 15 is 0 Å². The fourth-order valence-electron chi connectivity index (χ4n) is 4.47. The Bertz CT molecular complexity index is 1440. The van der Waals surface area contributed by atoms with E-state index in [0.29, 0.717) is 64.9 Å². The van der Waals surface area contributed by atoms with Crippen molar-refractivity contribution in [3.8, 4) is 22.9 Å². The number of rotatable bonds is 8. The second-order valence-electron chi connectivity index (χ2n) is 8.26. The Kier molecular flexibility index (Phi) is 6.43. The lowest BCUT2D eigenvalue weighted by atomic mass is 9.96. The maximum Gasteiger partial charge on any atom is 0.255 e. The summed E-state index contributed by atoms with van der Waals surface area (Å²) in [7, 11) is 2.94. The summed E-state index contributed by atoms with van der Waals surface area (Å²) in [6, 6.07) is 9.95. The largest absolute Gasteiger partial charge is 0.492 e. The number of anilines is 2. The van der Waals surface area contributed by atoms with Gasteiger partial charge in [-0.05, 0) is 31.2 Å². The topological polar surface area (TPSA) is 110 Å². The molecule has 0 aliphatic carbocycles. The number of fused-ring (bicyclic) bond motifs is 2. The number of benzene rings is 1. The van der Waals surface area contributed by atoms with Crippen LogP contribution in [0.1, 0.15) is 28.9 Å². The van der Waals surface area contributed by atoms with E-state index in [4.69, 9.17) is 14.2 Å². The third-order valence-electron chi connectivity index (χ3n) is 6.16. The number of aromatic nitrogens is 3. The summed E-state index contributed by atoms with van der Waals surface area (Å²) >= 11 is 0. The van der Waals surface area contributed by atoms with Crippen molar-refractivity contribution in [2.75, 3.05) is 39.3 Å². The first kappa shape index (κ1) is 23.6. The van der Waals surface area contributed by atoms with E-state index in [0.717, 1.165) is 5.69 Å². The number of hydrogen-bond donors (Lipinski definition) is 3. The lowest BCUT2D eigenvalue weighted by Gasteiger charge is -2.23. The molecule has 186 valence electrons. The van der Waals surface area contributed by atoms with Gasteiger partial charge in [0.05, 0.1) is 49.0 Å². The van der Waals surface area contributed by atoms with E-state index in [2.05, 4.69) is 25.6 Å². The molecular formula is C26H26FN5O4. The number of hydrogen-bond acceptors (Lipinski definition) is 7. The summed E-state index contributed by atoms with van der Waals surface area (Å²) in [5, 5.41) is 6.21. The summed E-state index contributed by atoms with van der Waals surface area (Å²) in [4.78, 5) is 25.7. The van der Waals surface area contributed by atoms with Gasteiger partial charge in [-0.1, -0.05) is 6.07 Å². The van der Waals surface area contributed by atoms with Gasteiger partial charge in [-0.3, -0.25) is 9.78 Å². The van der Waals surface area contributed by atoms with Gasteiger partial charge >= 0.3 is 0 Å². The number of halogens is 1. The minimum atomic E-state index is -0.520. The molecule has 0 spiro atoms. The zero-order valence-electron chi connectivity index (χ0n) is 20.1. The first-order chi connectivity index (χ1) is 17.5. The van der Waals surface area contributed by atoms with E-state index in [-0.39, 0.29) is 17.6 Å². The van der Waals surface area contributed by atoms with Crippen molar-refractivity contribution in [2.45, 2.75) is 12.8 Å². The molecule has 3 aromatic heterocycles. The Labute approximate surface area is 207 Å². The summed E-state index contributed by atoms with van der Waals surface area (Å²) in [6.45, 7) is 3.33. The fraction of sp³-hybridized carbons (Fsp3) is 0.269. The van der Waals surface area contributed by atoms with Crippen LogP contribution in [-0.4, -0.2) is 54.8 Å². The number of nitrogens with zero attached hydrogens (tertiary/aromatic N) is 2. The van der Waals surface area contributed by atoms with Gasteiger partial charge in [0.25, 0.3) is 5.91 Å². The van der Waals surface area contributed by atoms with Crippen LogP contribution in [0, 0.1) is 5.82 Å². The SMILES string of the molecule is CCOC[C@@H]1CNC(=O)c2c1[nH]c(-c1ccnc3ccc(OC)nc13)c2Nc1cccc(F)c1OC. The maximum atomic E-state index is 14.5. The number of para-hydroxylation sites is 1. The van der Waals surface area contributed by atoms with Crippen molar-refractivity contribution in [3.05, 3.63) is 59.7 Å². The molecule has 1 atom stereocenters. The second-order valence-corrected chi connectivity index (χ2v) is 8.26. The molecule has 0 radical (unpaired) electrons. The number of H-pyrrole nitrogens is 1. The van der Waals surface area contributed by atoms with Crippen molar-refractivity contribution in [2.24, 2.45) is 0 Å². The van der Waals surface area contributed by atoms with Gasteiger partial charge in [-0.25, -0.2) is 9.37 Å². The molecule has 3 N–H and O–H groups in total. The monoisotopic (exact) mass is 491 g/mol. The van der Waals surface area contributed by atoms with Gasteiger partial charge in [-0.15, -0.1) is 0 Å². The summed E-state index contributed by atoms with van der Waals surface area (Å²) in [6.07, 6.45) is 1.68. The quantitative estimate of drug-likeness (QED) is 0.335. The number of carbonyl (C=O) groups is 1. The molecule has 0 saturated heterocycles. The van der Waals surface area contributed by atoms with Gasteiger partial charge in [0.1, 0.15) is 5.52 Å². The average molecular weight is 492 g/mol. The molecule has 1 aliphatic heterocycles. The average Bonchev–Trinajstić information content (AvgIpc) is 3.27. The summed E-state index contributed by atoms with van der Waals surface area (Å²) < 4.78 is 30.8. The number of nitrogens with one attached hydrogen (secondary N) is 3. The van der Waals surface area contributed by atoms with Crippen LogP contribution < -0.4 is 20.1 Å². The van der Waals surface area contributed by atoms with Gasteiger partial charge in [0, 0.05) is 42.6 Å². The zero-order chi connectivity index (χ0) is 25.2. The van der Waals surface area contributed by atoms with Crippen LogP contribution in [0.25, 0.3) is 22.3 Å². The number of aromatic amines is 1. The van der Waals surface area contributed by atoms with E-state index in [1.54, 1.807) is 31.5 Å². The highest BCUT2D eigenvalue weighted by molar-refractivity contribution is 6.08. The van der Waals surface area contributed by atoms with Crippen LogP contribution in [0.3, 0.4) is 0 Å². The minimum Gasteiger partial charge on any atom is -0.492 e. The predicted molar refractivity (Wildman–Crippen MR) is 134 cm³/mol. The highest BCUT2D eigenvalue weighted by atomic mass is 19.1. The fourth-order valence-corrected chi connectivity index (χ4v) is 4.47. The molecule has 9 nitrogen and oxygen atoms in total. The maximum absolute atomic E-state index is 14.5. The van der Waals surface area contributed by atoms with Crippen LogP contribution in [-0.2, 0) is 4.74 Å². The lowest BCUT2D eigenvalue weighted by Crippen LogP contribution is -2.36. The number of ether oxygens (including phenoxy) is 3. The highest BCUT2D eigenvalue weighted by Gasteiger charge is 2.33. The van der Waals surface area contributed by atoms with Crippen LogP contribution in [0.5, 0.6) is 11.6 Å². The van der Waals surface area contributed by atoms with Gasteiger partial charge in [0.15, 0.2) is 11.6 Å². The molecule has 4 aromatic rings. The molecular weight excluding hydrogens is 465 g/mol. The summed E-state index contributed by atoms with van der Waals surface area (Å²) in [5.74, 6) is -0.395. The number of amides is 1. The predicted octanol–water partition coefficient (Wildman–Crippen LogP) is 4.39. The third kappa shape index (κ3) is 4.09. The molecule has 36 heavy (non-hydrogen) atoms. The van der Waals surface area contributed by atoms with Crippen LogP contribution >= 0.6 is 0 Å². The van der Waals surface area contributed by atoms with E-state index < -0.39 is 5.82 Å². The Morgan fingerprint density at radius 3 is 2.81 bits per heavy atom. The van der Waals surface area contributed by atoms with Gasteiger partial charge in [-0.2, -0.15) is 0 Å². The van der Waals surface area contributed by atoms with E-state index in [1.165, 1.54) is 13.2 Å².